The van der Waals surface area contributed by atoms with Crippen molar-refractivity contribution >= 4 is 5.97 Å². The predicted molar refractivity (Wildman–Crippen MR) is 78.4 cm³/mol. The quantitative estimate of drug-likeness (QED) is 0.587. The molecule has 20 heavy (non-hydrogen) atoms. The Morgan fingerprint density at radius 1 is 1.20 bits per heavy atom. The number of hydrogen-bond donors (Lipinski definition) is 1. The van der Waals surface area contributed by atoms with Crippen LogP contribution in [0, 0.1) is 0 Å². The fraction of sp³-hybridized carbons (Fsp3) is 0.688. The van der Waals surface area contributed by atoms with E-state index in [1.165, 1.54) is 44.6 Å². The topological polar surface area (TPSA) is 59.7 Å². The van der Waals surface area contributed by atoms with E-state index < -0.39 is 5.97 Å². The minimum atomic E-state index is -1.07. The van der Waals surface area contributed by atoms with Gasteiger partial charge in [-0.3, -0.25) is 0 Å². The third-order valence-electron chi connectivity index (χ3n) is 3.32. The first-order chi connectivity index (χ1) is 9.63. The van der Waals surface area contributed by atoms with E-state index in [9.17, 15) is 4.79 Å². The summed E-state index contributed by atoms with van der Waals surface area (Å²) < 4.78 is 10.6. The van der Waals surface area contributed by atoms with Gasteiger partial charge >= 0.3 is 5.97 Å². The second kappa shape index (κ2) is 9.45. The molecule has 1 aromatic heterocycles. The molecular formula is C16H26O4. The first-order valence-electron chi connectivity index (χ1n) is 7.63. The molecule has 0 radical (unpaired) electrons. The van der Waals surface area contributed by atoms with Gasteiger partial charge in [-0.2, -0.15) is 0 Å². The minimum Gasteiger partial charge on any atom is -0.475 e. The number of ether oxygens (including phenoxy) is 1. The van der Waals surface area contributed by atoms with E-state index in [1.54, 1.807) is 6.07 Å². The Morgan fingerprint density at radius 2 is 1.85 bits per heavy atom. The Labute approximate surface area is 121 Å². The number of unbranched alkanes of at least 4 members (excludes halogenated alkanes) is 6. The molecule has 0 bridgehead atoms. The minimum absolute atomic E-state index is 0.0541. The van der Waals surface area contributed by atoms with E-state index in [2.05, 4.69) is 6.92 Å². The molecule has 0 amide bonds. The Hall–Kier alpha value is -1.45. The maximum atomic E-state index is 10.7. The molecule has 0 aliphatic heterocycles. The highest BCUT2D eigenvalue weighted by Gasteiger charge is 2.12. The van der Waals surface area contributed by atoms with Gasteiger partial charge < -0.3 is 14.3 Å². The average Bonchev–Trinajstić information content (AvgIpc) is 2.86. The summed E-state index contributed by atoms with van der Waals surface area (Å²) >= 11 is 0. The summed E-state index contributed by atoms with van der Waals surface area (Å²) in [4.78, 5) is 10.7. The van der Waals surface area contributed by atoms with Crippen LogP contribution in [0.4, 0.5) is 0 Å². The smallest absolute Gasteiger partial charge is 0.371 e. The maximum absolute atomic E-state index is 10.7. The normalized spacial score (nSPS) is 12.3. The second-order valence-electron chi connectivity index (χ2n) is 5.26. The van der Waals surface area contributed by atoms with Crippen molar-refractivity contribution in [2.75, 3.05) is 0 Å². The molecule has 114 valence electrons. The van der Waals surface area contributed by atoms with Crippen LogP contribution in [0.1, 0.15) is 75.8 Å². The van der Waals surface area contributed by atoms with Crippen molar-refractivity contribution in [2.24, 2.45) is 0 Å². The van der Waals surface area contributed by atoms with Crippen LogP contribution in [0.15, 0.2) is 16.5 Å². The zero-order valence-corrected chi connectivity index (χ0v) is 12.6. The molecule has 0 fully saturated rings. The van der Waals surface area contributed by atoms with Crippen molar-refractivity contribution in [2.45, 2.75) is 71.3 Å². The molecule has 4 nitrogen and oxygen atoms in total. The molecule has 0 spiro atoms. The van der Waals surface area contributed by atoms with Crippen molar-refractivity contribution in [3.05, 3.63) is 17.9 Å². The lowest BCUT2D eigenvalue weighted by molar-refractivity contribution is 0.0646. The third-order valence-corrected chi connectivity index (χ3v) is 3.32. The largest absolute Gasteiger partial charge is 0.475 e. The summed E-state index contributed by atoms with van der Waals surface area (Å²) in [7, 11) is 0. The summed E-state index contributed by atoms with van der Waals surface area (Å²) in [6, 6.07) is 2.98. The van der Waals surface area contributed by atoms with Crippen LogP contribution in [0.5, 0.6) is 5.95 Å². The first-order valence-corrected chi connectivity index (χ1v) is 7.63. The average molecular weight is 282 g/mol. The SMILES string of the molecule is CCCCCCCCCC(C)Oc1ccc(C(=O)O)o1. The van der Waals surface area contributed by atoms with Gasteiger partial charge in [0.1, 0.15) is 0 Å². The number of aromatic carboxylic acids is 1. The van der Waals surface area contributed by atoms with Crippen molar-refractivity contribution in [1.29, 1.82) is 0 Å². The summed E-state index contributed by atoms with van der Waals surface area (Å²) in [5.41, 5.74) is 0. The van der Waals surface area contributed by atoms with Crippen LogP contribution in [-0.2, 0) is 0 Å². The standard InChI is InChI=1S/C16H26O4/c1-3-4-5-6-7-8-9-10-13(2)19-15-12-11-14(20-15)16(17)18/h11-13H,3-10H2,1-2H3,(H,17,18). The summed E-state index contributed by atoms with van der Waals surface area (Å²) in [6.07, 6.45) is 9.97. The van der Waals surface area contributed by atoms with Gasteiger partial charge in [0.2, 0.25) is 5.76 Å². The number of rotatable bonds is 11. The van der Waals surface area contributed by atoms with Gasteiger partial charge in [-0.05, 0) is 25.8 Å². The Kier molecular flexibility index (Phi) is 7.85. The Bertz CT molecular complexity index is 384. The monoisotopic (exact) mass is 282 g/mol. The summed E-state index contributed by atoms with van der Waals surface area (Å²) in [5, 5.41) is 8.74. The van der Waals surface area contributed by atoms with Gasteiger partial charge in [0.05, 0.1) is 6.10 Å². The zero-order valence-electron chi connectivity index (χ0n) is 12.6. The van der Waals surface area contributed by atoms with Crippen LogP contribution in [0.25, 0.3) is 0 Å². The Morgan fingerprint density at radius 3 is 2.45 bits per heavy atom. The molecule has 0 aliphatic carbocycles. The van der Waals surface area contributed by atoms with Crippen LogP contribution in [0.3, 0.4) is 0 Å². The van der Waals surface area contributed by atoms with Gasteiger partial charge in [0, 0.05) is 6.07 Å². The number of furan rings is 1. The van der Waals surface area contributed by atoms with Gasteiger partial charge in [-0.15, -0.1) is 0 Å². The van der Waals surface area contributed by atoms with Crippen LogP contribution in [0.2, 0.25) is 0 Å². The predicted octanol–water partition coefficient (Wildman–Crippen LogP) is 4.89. The molecule has 1 aromatic rings. The van der Waals surface area contributed by atoms with Crippen molar-refractivity contribution in [3.8, 4) is 5.95 Å². The van der Waals surface area contributed by atoms with Gasteiger partial charge in [0.15, 0.2) is 0 Å². The van der Waals surface area contributed by atoms with E-state index in [0.717, 1.165) is 12.8 Å². The van der Waals surface area contributed by atoms with Gasteiger partial charge in [-0.1, -0.05) is 45.4 Å². The molecule has 1 atom stereocenters. The summed E-state index contributed by atoms with van der Waals surface area (Å²) in [6.45, 7) is 4.21. The highest BCUT2D eigenvalue weighted by molar-refractivity contribution is 5.84. The second-order valence-corrected chi connectivity index (χ2v) is 5.26. The highest BCUT2D eigenvalue weighted by Crippen LogP contribution is 2.19. The van der Waals surface area contributed by atoms with E-state index in [1.807, 2.05) is 6.92 Å². The fourth-order valence-corrected chi connectivity index (χ4v) is 2.14. The van der Waals surface area contributed by atoms with Crippen molar-refractivity contribution in [1.82, 2.24) is 0 Å². The molecule has 1 unspecified atom stereocenters. The number of carbonyl (C=O) groups is 1. The first kappa shape index (κ1) is 16.6. The number of hydrogen-bond acceptors (Lipinski definition) is 3. The molecular weight excluding hydrogens is 256 g/mol. The van der Waals surface area contributed by atoms with Crippen molar-refractivity contribution in [3.63, 3.8) is 0 Å². The van der Waals surface area contributed by atoms with Crippen LogP contribution >= 0.6 is 0 Å². The fourth-order valence-electron chi connectivity index (χ4n) is 2.14. The third kappa shape index (κ3) is 6.64. The molecule has 1 heterocycles. The van der Waals surface area contributed by atoms with E-state index in [0.29, 0.717) is 0 Å². The molecule has 0 aliphatic rings. The molecule has 0 saturated heterocycles. The highest BCUT2D eigenvalue weighted by atomic mass is 16.6. The lowest BCUT2D eigenvalue weighted by atomic mass is 10.1. The number of carboxylic acids is 1. The van der Waals surface area contributed by atoms with Crippen LogP contribution < -0.4 is 4.74 Å². The van der Waals surface area contributed by atoms with Gasteiger partial charge in [-0.25, -0.2) is 4.79 Å². The van der Waals surface area contributed by atoms with Crippen molar-refractivity contribution < 1.29 is 19.1 Å². The number of carboxylic acid groups (broad SMARTS) is 1. The lowest BCUT2D eigenvalue weighted by Crippen LogP contribution is -2.11. The molecule has 0 aromatic carbocycles. The molecule has 0 saturated carbocycles. The zero-order chi connectivity index (χ0) is 14.8. The Balaban J connectivity index is 2.10. The van der Waals surface area contributed by atoms with E-state index in [4.69, 9.17) is 14.3 Å². The van der Waals surface area contributed by atoms with Crippen LogP contribution in [-0.4, -0.2) is 17.2 Å². The molecule has 1 rings (SSSR count). The van der Waals surface area contributed by atoms with Gasteiger partial charge in [0.25, 0.3) is 5.95 Å². The maximum Gasteiger partial charge on any atom is 0.371 e. The summed E-state index contributed by atoms with van der Waals surface area (Å²) in [5.74, 6) is -0.861. The van der Waals surface area contributed by atoms with E-state index in [-0.39, 0.29) is 17.8 Å². The van der Waals surface area contributed by atoms with E-state index >= 15 is 0 Å². The molecule has 4 heteroatoms. The lowest BCUT2D eigenvalue weighted by Gasteiger charge is -2.11. The molecule has 1 N–H and O–H groups in total.